The van der Waals surface area contributed by atoms with Gasteiger partial charge >= 0.3 is 0 Å². The Hall–Kier alpha value is -0.650. The average Bonchev–Trinajstić information content (AvgIpc) is 2.50. The van der Waals surface area contributed by atoms with Crippen LogP contribution in [-0.4, -0.2) is 46.5 Å². The van der Waals surface area contributed by atoms with Gasteiger partial charge in [-0.1, -0.05) is 51.9 Å². The summed E-state index contributed by atoms with van der Waals surface area (Å²) in [5, 5.41) is 12.2. The molecule has 5 heteroatoms. The number of hydrogen-bond acceptors (Lipinski definition) is 4. The second-order valence-corrected chi connectivity index (χ2v) is 5.45. The third-order valence-corrected chi connectivity index (χ3v) is 3.29. The fourth-order valence-corrected chi connectivity index (χ4v) is 1.95. The van der Waals surface area contributed by atoms with Crippen LogP contribution in [-0.2, 0) is 14.3 Å². The van der Waals surface area contributed by atoms with Crippen molar-refractivity contribution in [1.82, 2.24) is 0 Å². The molecular formula is C17H37NO4. The second-order valence-electron chi connectivity index (χ2n) is 5.45. The van der Waals surface area contributed by atoms with Crippen molar-refractivity contribution in [1.29, 1.82) is 0 Å². The molecule has 0 radical (unpaired) electrons. The first-order valence-corrected chi connectivity index (χ1v) is 8.68. The normalized spacial score (nSPS) is 10.1. The highest BCUT2D eigenvalue weighted by Gasteiger charge is 1.91. The monoisotopic (exact) mass is 319 g/mol. The quantitative estimate of drug-likeness (QED) is 0.459. The molecule has 0 rings (SSSR count). The smallest absolute Gasteiger partial charge is 0.0993 e. The number of carboxylic acids is 1. The van der Waals surface area contributed by atoms with Crippen molar-refractivity contribution in [3.63, 3.8) is 0 Å². The number of carbonyl (C=O) groups is 1. The summed E-state index contributed by atoms with van der Waals surface area (Å²) in [7, 11) is 3.42. The Kier molecular flexibility index (Phi) is 24.3. The Bertz CT molecular complexity index is 207. The van der Waals surface area contributed by atoms with Gasteiger partial charge in [-0.15, -0.1) is 0 Å². The number of methoxy groups -OCH3 is 2. The zero-order valence-corrected chi connectivity index (χ0v) is 14.9. The lowest BCUT2D eigenvalue weighted by Crippen LogP contribution is -2.86. The standard InChI is InChI=1S/C11H22O2.C6H15NO2/c1-2-3-4-5-6-7-8-9-10-11(12)13;1-8-5-3-7-4-6-9-2/h2-10H2,1H3,(H,12,13);7H,3-6H2,1-2H3. The molecule has 0 bridgehead atoms. The minimum absolute atomic E-state index is 0.231. The number of nitrogens with two attached hydrogens (primary N) is 1. The van der Waals surface area contributed by atoms with Gasteiger partial charge in [-0.3, -0.25) is 0 Å². The van der Waals surface area contributed by atoms with Crippen LogP contribution in [0.2, 0.25) is 0 Å². The Morgan fingerprint density at radius 3 is 1.73 bits per heavy atom. The summed E-state index contributed by atoms with van der Waals surface area (Å²) < 4.78 is 9.70. The van der Waals surface area contributed by atoms with Crippen LogP contribution in [0.4, 0.5) is 0 Å². The summed E-state index contributed by atoms with van der Waals surface area (Å²) in [5.41, 5.74) is 0. The van der Waals surface area contributed by atoms with Crippen molar-refractivity contribution in [2.75, 3.05) is 40.5 Å². The van der Waals surface area contributed by atoms with E-state index in [1.807, 2.05) is 0 Å². The first kappa shape index (κ1) is 23.6. The van der Waals surface area contributed by atoms with E-state index in [0.29, 0.717) is 0 Å². The maximum Gasteiger partial charge on any atom is 0.0993 e. The highest BCUT2D eigenvalue weighted by Crippen LogP contribution is 2.08. The molecule has 0 aliphatic heterocycles. The SMILES string of the molecule is CCCCCCCCCCC(=O)[O-].COCC[NH2+]CCOC. The third kappa shape index (κ3) is 27.7. The molecule has 5 nitrogen and oxygen atoms in total. The third-order valence-electron chi connectivity index (χ3n) is 3.29. The molecule has 0 saturated carbocycles. The molecule has 0 aliphatic carbocycles. The van der Waals surface area contributed by atoms with E-state index in [4.69, 9.17) is 9.47 Å². The van der Waals surface area contributed by atoms with Crippen LogP contribution < -0.4 is 10.4 Å². The lowest BCUT2D eigenvalue weighted by atomic mass is 10.1. The van der Waals surface area contributed by atoms with E-state index in [-0.39, 0.29) is 6.42 Å². The van der Waals surface area contributed by atoms with Gasteiger partial charge in [0.05, 0.1) is 26.3 Å². The summed E-state index contributed by atoms with van der Waals surface area (Å²) in [6, 6.07) is 0. The van der Waals surface area contributed by atoms with Crippen LogP contribution in [0.5, 0.6) is 0 Å². The highest BCUT2D eigenvalue weighted by atomic mass is 16.5. The first-order valence-electron chi connectivity index (χ1n) is 8.68. The van der Waals surface area contributed by atoms with Crippen molar-refractivity contribution in [3.05, 3.63) is 0 Å². The van der Waals surface area contributed by atoms with Gasteiger partial charge in [0.2, 0.25) is 0 Å². The van der Waals surface area contributed by atoms with E-state index < -0.39 is 5.97 Å². The fraction of sp³-hybridized carbons (Fsp3) is 0.941. The summed E-state index contributed by atoms with van der Waals surface area (Å²) in [5.74, 6) is -0.911. The Morgan fingerprint density at radius 2 is 1.32 bits per heavy atom. The minimum Gasteiger partial charge on any atom is -0.550 e. The van der Waals surface area contributed by atoms with E-state index in [1.54, 1.807) is 14.2 Å². The molecule has 0 amide bonds. The molecule has 0 spiro atoms. The van der Waals surface area contributed by atoms with Crippen LogP contribution >= 0.6 is 0 Å². The molecule has 0 aromatic heterocycles. The van der Waals surface area contributed by atoms with Gasteiger partial charge in [-0.25, -0.2) is 0 Å². The number of rotatable bonds is 15. The second kappa shape index (κ2) is 22.6. The minimum atomic E-state index is -0.911. The van der Waals surface area contributed by atoms with Gasteiger partial charge in [0.1, 0.15) is 0 Å². The Balaban J connectivity index is 0. The zero-order valence-electron chi connectivity index (χ0n) is 14.9. The molecule has 0 atom stereocenters. The molecule has 0 fully saturated rings. The highest BCUT2D eigenvalue weighted by molar-refractivity contribution is 5.63. The molecule has 0 saturated heterocycles. The van der Waals surface area contributed by atoms with E-state index in [2.05, 4.69) is 12.2 Å². The Labute approximate surface area is 136 Å². The molecule has 134 valence electrons. The van der Waals surface area contributed by atoms with Gasteiger partial charge in [0.25, 0.3) is 0 Å². The lowest BCUT2D eigenvalue weighted by molar-refractivity contribution is -0.657. The van der Waals surface area contributed by atoms with Crippen LogP contribution in [0.1, 0.15) is 64.7 Å². The van der Waals surface area contributed by atoms with Crippen LogP contribution in [0, 0.1) is 0 Å². The average molecular weight is 319 g/mol. The van der Waals surface area contributed by atoms with Gasteiger partial charge in [0, 0.05) is 20.2 Å². The number of ether oxygens (including phenoxy) is 2. The molecule has 0 aliphatic rings. The zero-order chi connectivity index (χ0) is 16.9. The van der Waals surface area contributed by atoms with Crippen molar-refractivity contribution in [2.24, 2.45) is 0 Å². The molecule has 0 aromatic carbocycles. The largest absolute Gasteiger partial charge is 0.550 e. The maximum atomic E-state index is 10.1. The summed E-state index contributed by atoms with van der Waals surface area (Å²) in [6.45, 7) is 5.91. The number of unbranched alkanes of at least 4 members (excludes halogenated alkanes) is 7. The molecule has 0 unspecified atom stereocenters. The van der Waals surface area contributed by atoms with Crippen molar-refractivity contribution in [3.8, 4) is 0 Å². The number of quaternary nitrogens is 1. The molecular weight excluding hydrogens is 282 g/mol. The first-order chi connectivity index (χ1) is 10.7. The number of carboxylic acid groups (broad SMARTS) is 1. The predicted molar refractivity (Wildman–Crippen MR) is 87.6 cm³/mol. The van der Waals surface area contributed by atoms with E-state index >= 15 is 0 Å². The molecule has 0 heterocycles. The molecule has 0 aromatic rings. The van der Waals surface area contributed by atoms with Crippen LogP contribution in [0.25, 0.3) is 0 Å². The van der Waals surface area contributed by atoms with Crippen molar-refractivity contribution < 1.29 is 24.7 Å². The molecule has 2 N–H and O–H groups in total. The van der Waals surface area contributed by atoms with Crippen molar-refractivity contribution >= 4 is 5.97 Å². The number of carbonyl (C=O) groups excluding carboxylic acids is 1. The molecule has 22 heavy (non-hydrogen) atoms. The van der Waals surface area contributed by atoms with Gasteiger partial charge in [-0.05, 0) is 12.8 Å². The predicted octanol–water partition coefficient (Wildman–Crippen LogP) is 1.11. The topological polar surface area (TPSA) is 75.2 Å². The number of aliphatic carboxylic acids is 1. The van der Waals surface area contributed by atoms with Crippen LogP contribution in [0.15, 0.2) is 0 Å². The summed E-state index contributed by atoms with van der Waals surface area (Å²) in [4.78, 5) is 10.1. The lowest BCUT2D eigenvalue weighted by Gasteiger charge is -2.02. The van der Waals surface area contributed by atoms with Gasteiger partial charge in [0.15, 0.2) is 0 Å². The summed E-state index contributed by atoms with van der Waals surface area (Å²) in [6.07, 6.45) is 9.75. The number of hydrogen-bond donors (Lipinski definition) is 1. The van der Waals surface area contributed by atoms with Crippen molar-refractivity contribution in [2.45, 2.75) is 64.7 Å². The van der Waals surface area contributed by atoms with E-state index in [0.717, 1.165) is 39.1 Å². The fourth-order valence-electron chi connectivity index (χ4n) is 1.95. The van der Waals surface area contributed by atoms with E-state index in [1.165, 1.54) is 38.5 Å². The van der Waals surface area contributed by atoms with E-state index in [9.17, 15) is 9.90 Å². The maximum absolute atomic E-state index is 10.1. The van der Waals surface area contributed by atoms with Gasteiger partial charge < -0.3 is 24.7 Å². The Morgan fingerprint density at radius 1 is 0.864 bits per heavy atom. The van der Waals surface area contributed by atoms with Crippen LogP contribution in [0.3, 0.4) is 0 Å². The van der Waals surface area contributed by atoms with Gasteiger partial charge in [-0.2, -0.15) is 0 Å². The summed E-state index contributed by atoms with van der Waals surface area (Å²) >= 11 is 0.